The van der Waals surface area contributed by atoms with Crippen LogP contribution in [-0.4, -0.2) is 50.8 Å². The number of ether oxygens (including phenoxy) is 1. The second kappa shape index (κ2) is 9.13. The van der Waals surface area contributed by atoms with Crippen LogP contribution in [0.15, 0.2) is 0 Å². The second-order valence-electron chi connectivity index (χ2n) is 4.41. The Morgan fingerprint density at radius 1 is 1.20 bits per heavy atom. The summed E-state index contributed by atoms with van der Waals surface area (Å²) in [4.78, 5) is 2.41. The number of hydrogen-bond acceptors (Lipinski definition) is 3. The van der Waals surface area contributed by atoms with Gasteiger partial charge < -0.3 is 15.0 Å². The van der Waals surface area contributed by atoms with Crippen LogP contribution < -0.4 is 5.32 Å². The molecule has 0 heterocycles. The summed E-state index contributed by atoms with van der Waals surface area (Å²) < 4.78 is 5.08. The molecule has 0 saturated heterocycles. The van der Waals surface area contributed by atoms with Crippen LogP contribution in [0.2, 0.25) is 0 Å². The minimum atomic E-state index is 0.603. The zero-order chi connectivity index (χ0) is 11.7. The highest BCUT2D eigenvalue weighted by Gasteiger charge is 2.06. The van der Waals surface area contributed by atoms with E-state index in [1.807, 2.05) is 0 Å². The Morgan fingerprint density at radius 3 is 2.33 bits per heavy atom. The summed E-state index contributed by atoms with van der Waals surface area (Å²) in [6.07, 6.45) is 0. The van der Waals surface area contributed by atoms with Gasteiger partial charge >= 0.3 is 0 Å². The summed E-state index contributed by atoms with van der Waals surface area (Å²) in [5, 5.41) is 3.54. The molecule has 0 aromatic carbocycles. The molecule has 0 fully saturated rings. The van der Waals surface area contributed by atoms with Crippen LogP contribution >= 0.6 is 0 Å². The summed E-state index contributed by atoms with van der Waals surface area (Å²) >= 11 is 0. The van der Waals surface area contributed by atoms with Crippen molar-refractivity contribution in [2.75, 3.05) is 39.9 Å². The molecule has 0 aromatic heterocycles. The SMILES string of the molecule is CCN(CCNC(C)C(C)C)CCOC. The molecule has 1 unspecified atom stereocenters. The molecule has 0 rings (SSSR count). The van der Waals surface area contributed by atoms with Gasteiger partial charge in [-0.1, -0.05) is 20.8 Å². The van der Waals surface area contributed by atoms with Gasteiger partial charge in [-0.15, -0.1) is 0 Å². The first-order valence-corrected chi connectivity index (χ1v) is 6.06. The van der Waals surface area contributed by atoms with E-state index in [0.717, 1.165) is 32.8 Å². The third kappa shape index (κ3) is 7.77. The summed E-state index contributed by atoms with van der Waals surface area (Å²) in [6.45, 7) is 14.1. The minimum Gasteiger partial charge on any atom is -0.383 e. The molecule has 0 aromatic rings. The van der Waals surface area contributed by atoms with Gasteiger partial charge in [0.1, 0.15) is 0 Å². The van der Waals surface area contributed by atoms with Crippen molar-refractivity contribution in [3.05, 3.63) is 0 Å². The van der Waals surface area contributed by atoms with Crippen LogP contribution in [-0.2, 0) is 4.74 Å². The van der Waals surface area contributed by atoms with E-state index in [4.69, 9.17) is 4.74 Å². The molecular weight excluding hydrogens is 188 g/mol. The predicted molar refractivity (Wildman–Crippen MR) is 66.3 cm³/mol. The molecule has 0 aliphatic rings. The van der Waals surface area contributed by atoms with Gasteiger partial charge in [0.2, 0.25) is 0 Å². The second-order valence-corrected chi connectivity index (χ2v) is 4.41. The molecule has 0 saturated carbocycles. The number of rotatable bonds is 9. The third-order valence-electron chi connectivity index (χ3n) is 2.95. The molecule has 3 heteroatoms. The van der Waals surface area contributed by atoms with Crippen molar-refractivity contribution in [3.8, 4) is 0 Å². The molecule has 15 heavy (non-hydrogen) atoms. The van der Waals surface area contributed by atoms with Gasteiger partial charge in [0.15, 0.2) is 0 Å². The average Bonchev–Trinajstić information content (AvgIpc) is 2.22. The summed E-state index contributed by atoms with van der Waals surface area (Å²) in [5.41, 5.74) is 0. The molecule has 0 bridgehead atoms. The van der Waals surface area contributed by atoms with E-state index < -0.39 is 0 Å². The molecule has 0 spiro atoms. The smallest absolute Gasteiger partial charge is 0.0589 e. The molecule has 0 amide bonds. The average molecular weight is 216 g/mol. The molecule has 3 nitrogen and oxygen atoms in total. The highest BCUT2D eigenvalue weighted by Crippen LogP contribution is 1.98. The van der Waals surface area contributed by atoms with E-state index in [1.54, 1.807) is 7.11 Å². The highest BCUT2D eigenvalue weighted by molar-refractivity contribution is 4.66. The Bertz CT molecular complexity index is 140. The fourth-order valence-electron chi connectivity index (χ4n) is 1.33. The molecule has 1 N–H and O–H groups in total. The van der Waals surface area contributed by atoms with Crippen molar-refractivity contribution in [1.82, 2.24) is 10.2 Å². The Balaban J connectivity index is 3.53. The lowest BCUT2D eigenvalue weighted by Crippen LogP contribution is -2.39. The molecule has 92 valence electrons. The van der Waals surface area contributed by atoms with Crippen LogP contribution in [0.3, 0.4) is 0 Å². The van der Waals surface area contributed by atoms with E-state index in [1.165, 1.54) is 0 Å². The van der Waals surface area contributed by atoms with Crippen LogP contribution in [0.4, 0.5) is 0 Å². The quantitative estimate of drug-likeness (QED) is 0.633. The van der Waals surface area contributed by atoms with Crippen LogP contribution in [0.25, 0.3) is 0 Å². The van der Waals surface area contributed by atoms with Gasteiger partial charge in [-0.3, -0.25) is 0 Å². The molecular formula is C12H28N2O. The van der Waals surface area contributed by atoms with Gasteiger partial charge in [0.25, 0.3) is 0 Å². The Kier molecular flexibility index (Phi) is 9.06. The number of likely N-dealkylation sites (N-methyl/N-ethyl adjacent to an activating group) is 1. The number of methoxy groups -OCH3 is 1. The van der Waals surface area contributed by atoms with Crippen molar-refractivity contribution in [1.29, 1.82) is 0 Å². The Morgan fingerprint density at radius 2 is 1.87 bits per heavy atom. The lowest BCUT2D eigenvalue weighted by Gasteiger charge is -2.23. The Labute approximate surface area is 95.2 Å². The molecule has 0 aliphatic carbocycles. The van der Waals surface area contributed by atoms with Gasteiger partial charge in [-0.2, -0.15) is 0 Å². The van der Waals surface area contributed by atoms with Gasteiger partial charge in [0, 0.05) is 32.8 Å². The number of hydrogen-bond donors (Lipinski definition) is 1. The first-order chi connectivity index (χ1) is 7.11. The van der Waals surface area contributed by atoms with Gasteiger partial charge in [-0.05, 0) is 19.4 Å². The Hall–Kier alpha value is -0.120. The normalized spacial score (nSPS) is 13.8. The van der Waals surface area contributed by atoms with E-state index >= 15 is 0 Å². The van der Waals surface area contributed by atoms with Crippen molar-refractivity contribution in [3.63, 3.8) is 0 Å². The summed E-state index contributed by atoms with van der Waals surface area (Å²) in [6, 6.07) is 0.603. The monoisotopic (exact) mass is 216 g/mol. The van der Waals surface area contributed by atoms with Crippen LogP contribution in [0.5, 0.6) is 0 Å². The fourth-order valence-corrected chi connectivity index (χ4v) is 1.33. The predicted octanol–water partition coefficient (Wildman–Crippen LogP) is 1.59. The third-order valence-corrected chi connectivity index (χ3v) is 2.95. The maximum Gasteiger partial charge on any atom is 0.0589 e. The van der Waals surface area contributed by atoms with E-state index in [2.05, 4.69) is 37.9 Å². The minimum absolute atomic E-state index is 0.603. The van der Waals surface area contributed by atoms with Crippen molar-refractivity contribution < 1.29 is 4.74 Å². The fraction of sp³-hybridized carbons (Fsp3) is 1.00. The lowest BCUT2D eigenvalue weighted by molar-refractivity contribution is 0.150. The van der Waals surface area contributed by atoms with Crippen molar-refractivity contribution >= 4 is 0 Å². The largest absolute Gasteiger partial charge is 0.383 e. The first-order valence-electron chi connectivity index (χ1n) is 6.06. The van der Waals surface area contributed by atoms with Crippen molar-refractivity contribution in [2.24, 2.45) is 5.92 Å². The molecule has 1 atom stereocenters. The van der Waals surface area contributed by atoms with Crippen LogP contribution in [0.1, 0.15) is 27.7 Å². The van der Waals surface area contributed by atoms with E-state index in [0.29, 0.717) is 12.0 Å². The standard InChI is InChI=1S/C12H28N2O/c1-6-14(9-10-15-5)8-7-13-12(4)11(2)3/h11-13H,6-10H2,1-5H3. The first kappa shape index (κ1) is 14.9. The van der Waals surface area contributed by atoms with Crippen LogP contribution in [0, 0.1) is 5.92 Å². The summed E-state index contributed by atoms with van der Waals surface area (Å²) in [5.74, 6) is 0.707. The number of nitrogens with one attached hydrogen (secondary N) is 1. The van der Waals surface area contributed by atoms with Crippen molar-refractivity contribution in [2.45, 2.75) is 33.7 Å². The zero-order valence-electron chi connectivity index (χ0n) is 11.0. The molecule has 0 aliphatic heterocycles. The van der Waals surface area contributed by atoms with E-state index in [9.17, 15) is 0 Å². The lowest BCUT2D eigenvalue weighted by atomic mass is 10.1. The van der Waals surface area contributed by atoms with Gasteiger partial charge in [0.05, 0.1) is 6.61 Å². The van der Waals surface area contributed by atoms with E-state index in [-0.39, 0.29) is 0 Å². The number of nitrogens with zero attached hydrogens (tertiary/aromatic N) is 1. The molecule has 0 radical (unpaired) electrons. The summed E-state index contributed by atoms with van der Waals surface area (Å²) in [7, 11) is 1.76. The zero-order valence-corrected chi connectivity index (χ0v) is 11.0. The highest BCUT2D eigenvalue weighted by atomic mass is 16.5. The van der Waals surface area contributed by atoms with Gasteiger partial charge in [-0.25, -0.2) is 0 Å². The topological polar surface area (TPSA) is 24.5 Å². The maximum absolute atomic E-state index is 5.08. The maximum atomic E-state index is 5.08.